The molecule has 0 fully saturated rings. The summed E-state index contributed by atoms with van der Waals surface area (Å²) in [6, 6.07) is 12.0. The van der Waals surface area contributed by atoms with Crippen molar-refractivity contribution in [3.63, 3.8) is 0 Å². The predicted molar refractivity (Wildman–Crippen MR) is 114 cm³/mol. The molecule has 0 spiro atoms. The fourth-order valence-electron chi connectivity index (χ4n) is 2.61. The van der Waals surface area contributed by atoms with Crippen LogP contribution in [-0.2, 0) is 13.1 Å². The molecule has 0 aliphatic heterocycles. The van der Waals surface area contributed by atoms with Crippen molar-refractivity contribution in [2.75, 3.05) is 13.7 Å². The van der Waals surface area contributed by atoms with Gasteiger partial charge in [0.2, 0.25) is 11.8 Å². The highest BCUT2D eigenvalue weighted by Crippen LogP contribution is 2.19. The number of aromatic nitrogens is 2. The molecule has 2 heterocycles. The first-order valence-electron chi connectivity index (χ1n) is 9.71. The summed E-state index contributed by atoms with van der Waals surface area (Å²) in [6.07, 6.45) is 4.43. The van der Waals surface area contributed by atoms with Crippen LogP contribution in [0.5, 0.6) is 5.88 Å². The zero-order valence-corrected chi connectivity index (χ0v) is 17.1. The molecule has 0 unspecified atom stereocenters. The summed E-state index contributed by atoms with van der Waals surface area (Å²) < 4.78 is 11.1. The van der Waals surface area contributed by atoms with Gasteiger partial charge < -0.3 is 19.8 Å². The average molecular weight is 393 g/mol. The molecular weight excluding hydrogens is 366 g/mol. The fraction of sp³-hybridized carbons (Fsp3) is 0.318. The summed E-state index contributed by atoms with van der Waals surface area (Å²) in [7, 11) is 1.73. The Bertz CT molecular complexity index is 917. The van der Waals surface area contributed by atoms with Crippen molar-refractivity contribution >= 4 is 5.96 Å². The molecule has 3 aromatic rings. The summed E-state index contributed by atoms with van der Waals surface area (Å²) in [5.74, 6) is 1.94. The highest BCUT2D eigenvalue weighted by atomic mass is 16.5. The van der Waals surface area contributed by atoms with E-state index >= 15 is 0 Å². The van der Waals surface area contributed by atoms with Gasteiger partial charge in [-0.05, 0) is 31.0 Å². The number of ether oxygens (including phenoxy) is 1. The molecule has 0 amide bonds. The first-order valence-corrected chi connectivity index (χ1v) is 9.71. The molecule has 29 heavy (non-hydrogen) atoms. The molecule has 0 aliphatic carbocycles. The van der Waals surface area contributed by atoms with E-state index in [-0.39, 0.29) is 0 Å². The van der Waals surface area contributed by atoms with Crippen LogP contribution >= 0.6 is 0 Å². The molecule has 1 aromatic carbocycles. The molecule has 0 bridgehead atoms. The Labute approximate surface area is 171 Å². The van der Waals surface area contributed by atoms with Crippen molar-refractivity contribution in [3.8, 4) is 17.3 Å². The third kappa shape index (κ3) is 6.07. The van der Waals surface area contributed by atoms with Crippen LogP contribution < -0.4 is 15.4 Å². The summed E-state index contributed by atoms with van der Waals surface area (Å²) in [5, 5.41) is 6.50. The molecule has 0 saturated heterocycles. The van der Waals surface area contributed by atoms with E-state index in [1.807, 2.05) is 36.4 Å². The van der Waals surface area contributed by atoms with E-state index < -0.39 is 0 Å². The van der Waals surface area contributed by atoms with E-state index in [9.17, 15) is 0 Å². The predicted octanol–water partition coefficient (Wildman–Crippen LogP) is 3.70. The smallest absolute Gasteiger partial charge is 0.226 e. The first kappa shape index (κ1) is 20.4. The third-order valence-electron chi connectivity index (χ3n) is 4.22. The molecule has 0 saturated carbocycles. The molecule has 0 atom stereocenters. The van der Waals surface area contributed by atoms with Crippen molar-refractivity contribution in [1.29, 1.82) is 0 Å². The number of pyridine rings is 1. The van der Waals surface area contributed by atoms with E-state index in [0.29, 0.717) is 37.4 Å². The van der Waals surface area contributed by atoms with Crippen molar-refractivity contribution in [3.05, 3.63) is 65.7 Å². The van der Waals surface area contributed by atoms with Crippen molar-refractivity contribution in [1.82, 2.24) is 20.6 Å². The second kappa shape index (κ2) is 10.3. The molecule has 7 heteroatoms. The van der Waals surface area contributed by atoms with Crippen molar-refractivity contribution in [2.24, 2.45) is 4.99 Å². The lowest BCUT2D eigenvalue weighted by atomic mass is 10.1. The Morgan fingerprint density at radius 1 is 1.10 bits per heavy atom. The van der Waals surface area contributed by atoms with Gasteiger partial charge >= 0.3 is 0 Å². The van der Waals surface area contributed by atoms with E-state index in [0.717, 1.165) is 23.2 Å². The summed E-state index contributed by atoms with van der Waals surface area (Å²) >= 11 is 0. The topological polar surface area (TPSA) is 84.6 Å². The maximum absolute atomic E-state index is 5.59. The number of hydrogen-bond acceptors (Lipinski definition) is 5. The number of benzene rings is 1. The number of nitrogens with zero attached hydrogens (tertiary/aromatic N) is 3. The lowest BCUT2D eigenvalue weighted by Crippen LogP contribution is -2.36. The van der Waals surface area contributed by atoms with Crippen molar-refractivity contribution < 1.29 is 9.15 Å². The van der Waals surface area contributed by atoms with Gasteiger partial charge in [0.25, 0.3) is 0 Å². The van der Waals surface area contributed by atoms with Crippen LogP contribution in [0.4, 0.5) is 0 Å². The van der Waals surface area contributed by atoms with Crippen LogP contribution in [0.1, 0.15) is 30.2 Å². The van der Waals surface area contributed by atoms with Crippen LogP contribution in [0, 0.1) is 6.92 Å². The minimum atomic E-state index is 0.511. The van der Waals surface area contributed by atoms with Crippen LogP contribution in [0.2, 0.25) is 0 Å². The summed E-state index contributed by atoms with van der Waals surface area (Å²) in [6.45, 7) is 5.91. The Kier molecular flexibility index (Phi) is 7.22. The number of oxazole rings is 1. The van der Waals surface area contributed by atoms with Gasteiger partial charge in [-0.1, -0.05) is 30.7 Å². The molecule has 0 radical (unpaired) electrons. The second-order valence-electron chi connectivity index (χ2n) is 6.64. The largest absolute Gasteiger partial charge is 0.478 e. The lowest BCUT2D eigenvalue weighted by molar-refractivity contribution is 0.305. The fourth-order valence-corrected chi connectivity index (χ4v) is 2.61. The van der Waals surface area contributed by atoms with E-state index in [1.54, 1.807) is 19.5 Å². The van der Waals surface area contributed by atoms with Gasteiger partial charge in [-0.15, -0.1) is 0 Å². The quantitative estimate of drug-likeness (QED) is 0.448. The summed E-state index contributed by atoms with van der Waals surface area (Å²) in [5.41, 5.74) is 4.01. The minimum absolute atomic E-state index is 0.511. The SMILES string of the molecule is CCCOc1ccc(CNC(=NC)NCc2coc(-c3ccc(C)cc3)n2)cn1. The maximum Gasteiger partial charge on any atom is 0.226 e. The zero-order valence-electron chi connectivity index (χ0n) is 17.1. The van der Waals surface area contributed by atoms with Gasteiger partial charge in [0.15, 0.2) is 5.96 Å². The Balaban J connectivity index is 1.49. The second-order valence-corrected chi connectivity index (χ2v) is 6.64. The number of guanidine groups is 1. The Hall–Kier alpha value is -3.35. The number of nitrogens with one attached hydrogen (secondary N) is 2. The highest BCUT2D eigenvalue weighted by molar-refractivity contribution is 5.79. The molecule has 152 valence electrons. The van der Waals surface area contributed by atoms with Crippen molar-refractivity contribution in [2.45, 2.75) is 33.4 Å². The number of hydrogen-bond donors (Lipinski definition) is 2. The number of aryl methyl sites for hydroxylation is 1. The van der Waals surface area contributed by atoms with Crippen LogP contribution in [-0.4, -0.2) is 29.6 Å². The zero-order chi connectivity index (χ0) is 20.5. The van der Waals surface area contributed by atoms with Gasteiger partial charge in [-0.2, -0.15) is 0 Å². The van der Waals surface area contributed by atoms with Gasteiger partial charge in [-0.3, -0.25) is 4.99 Å². The highest BCUT2D eigenvalue weighted by Gasteiger charge is 2.07. The number of aliphatic imine (C=N–C) groups is 1. The molecule has 0 aliphatic rings. The van der Waals surface area contributed by atoms with Gasteiger partial charge in [0.05, 0.1) is 18.8 Å². The van der Waals surface area contributed by atoms with Crippen LogP contribution in [0.3, 0.4) is 0 Å². The molecule has 7 nitrogen and oxygen atoms in total. The van der Waals surface area contributed by atoms with Gasteiger partial charge in [0, 0.05) is 31.4 Å². The Morgan fingerprint density at radius 3 is 2.59 bits per heavy atom. The van der Waals surface area contributed by atoms with E-state index in [1.165, 1.54) is 5.56 Å². The van der Waals surface area contributed by atoms with Gasteiger partial charge in [-0.25, -0.2) is 9.97 Å². The average Bonchev–Trinajstić information content (AvgIpc) is 3.22. The van der Waals surface area contributed by atoms with Gasteiger partial charge in [0.1, 0.15) is 6.26 Å². The minimum Gasteiger partial charge on any atom is -0.478 e. The lowest BCUT2D eigenvalue weighted by Gasteiger charge is -2.11. The van der Waals surface area contributed by atoms with Crippen LogP contribution in [0.25, 0.3) is 11.5 Å². The molecular formula is C22H27N5O2. The third-order valence-corrected chi connectivity index (χ3v) is 4.22. The normalized spacial score (nSPS) is 11.3. The molecule has 2 aromatic heterocycles. The molecule has 3 rings (SSSR count). The first-order chi connectivity index (χ1) is 14.2. The molecule has 2 N–H and O–H groups in total. The number of rotatable bonds is 8. The van der Waals surface area contributed by atoms with E-state index in [4.69, 9.17) is 9.15 Å². The monoisotopic (exact) mass is 393 g/mol. The Morgan fingerprint density at radius 2 is 1.90 bits per heavy atom. The standard InChI is InChI=1S/C22H27N5O2/c1-4-11-28-20-10-7-17(12-24-20)13-25-22(23-3)26-14-19-15-29-21(27-19)18-8-5-16(2)6-9-18/h5-10,12,15H,4,11,13-14H2,1-3H3,(H2,23,25,26). The maximum atomic E-state index is 5.59. The van der Waals surface area contributed by atoms with Crippen LogP contribution in [0.15, 0.2) is 58.3 Å². The summed E-state index contributed by atoms with van der Waals surface area (Å²) in [4.78, 5) is 13.1. The van der Waals surface area contributed by atoms with E-state index in [2.05, 4.69) is 39.4 Å².